The highest BCUT2D eigenvalue weighted by molar-refractivity contribution is 5.60. The number of fused-ring (bicyclic) bond motifs is 1. The number of piperidine rings is 1. The SMILES string of the molecule is CC1CCN(c2cnnc(Nc3ccc4c(c3)OCCO4)n2)CC1. The van der Waals surface area contributed by atoms with E-state index >= 15 is 0 Å². The van der Waals surface area contributed by atoms with Gasteiger partial charge in [-0.1, -0.05) is 6.92 Å². The van der Waals surface area contributed by atoms with Crippen LogP contribution in [0.4, 0.5) is 17.5 Å². The lowest BCUT2D eigenvalue weighted by atomic mass is 9.99. The van der Waals surface area contributed by atoms with E-state index in [1.807, 2.05) is 18.2 Å². The maximum absolute atomic E-state index is 5.60. The van der Waals surface area contributed by atoms with Crippen molar-refractivity contribution >= 4 is 17.5 Å². The van der Waals surface area contributed by atoms with Crippen LogP contribution in [-0.4, -0.2) is 41.5 Å². The van der Waals surface area contributed by atoms with Crippen LogP contribution < -0.4 is 19.7 Å². The number of ether oxygens (including phenoxy) is 2. The number of hydrogen-bond acceptors (Lipinski definition) is 7. The zero-order valence-electron chi connectivity index (χ0n) is 13.7. The lowest BCUT2D eigenvalue weighted by molar-refractivity contribution is 0.171. The third-order valence-electron chi connectivity index (χ3n) is 4.45. The molecule has 0 aliphatic carbocycles. The fourth-order valence-electron chi connectivity index (χ4n) is 2.99. The topological polar surface area (TPSA) is 72.4 Å². The summed E-state index contributed by atoms with van der Waals surface area (Å²) >= 11 is 0. The molecule has 1 aromatic carbocycles. The molecule has 7 heteroatoms. The normalized spacial score (nSPS) is 17.6. The highest BCUT2D eigenvalue weighted by Gasteiger charge is 2.18. The molecule has 2 aromatic rings. The van der Waals surface area contributed by atoms with Crippen molar-refractivity contribution in [1.29, 1.82) is 0 Å². The summed E-state index contributed by atoms with van der Waals surface area (Å²) in [5.74, 6) is 3.65. The monoisotopic (exact) mass is 327 g/mol. The predicted octanol–water partition coefficient (Wildman–Crippen LogP) is 2.62. The summed E-state index contributed by atoms with van der Waals surface area (Å²) in [7, 11) is 0. The Hall–Kier alpha value is -2.57. The van der Waals surface area contributed by atoms with Crippen LogP contribution in [0.3, 0.4) is 0 Å². The van der Waals surface area contributed by atoms with Crippen molar-refractivity contribution in [3.05, 3.63) is 24.4 Å². The van der Waals surface area contributed by atoms with Gasteiger partial charge < -0.3 is 19.7 Å². The lowest BCUT2D eigenvalue weighted by Crippen LogP contribution is -2.33. The van der Waals surface area contributed by atoms with E-state index < -0.39 is 0 Å². The summed E-state index contributed by atoms with van der Waals surface area (Å²) in [4.78, 5) is 6.87. The van der Waals surface area contributed by atoms with E-state index in [2.05, 4.69) is 32.3 Å². The van der Waals surface area contributed by atoms with Crippen molar-refractivity contribution in [3.63, 3.8) is 0 Å². The molecule has 126 valence electrons. The summed E-state index contributed by atoms with van der Waals surface area (Å²) < 4.78 is 11.1. The summed E-state index contributed by atoms with van der Waals surface area (Å²) in [6, 6.07) is 5.71. The molecule has 24 heavy (non-hydrogen) atoms. The maximum Gasteiger partial charge on any atom is 0.249 e. The lowest BCUT2D eigenvalue weighted by Gasteiger charge is -2.30. The van der Waals surface area contributed by atoms with Crippen molar-refractivity contribution < 1.29 is 9.47 Å². The predicted molar refractivity (Wildman–Crippen MR) is 91.2 cm³/mol. The molecule has 0 amide bonds. The van der Waals surface area contributed by atoms with Crippen LogP contribution in [-0.2, 0) is 0 Å². The average molecular weight is 327 g/mol. The van der Waals surface area contributed by atoms with E-state index in [-0.39, 0.29) is 0 Å². The maximum atomic E-state index is 5.60. The van der Waals surface area contributed by atoms with E-state index in [1.165, 1.54) is 12.8 Å². The molecule has 0 saturated carbocycles. The molecule has 3 heterocycles. The Balaban J connectivity index is 1.49. The van der Waals surface area contributed by atoms with E-state index in [0.717, 1.165) is 42.0 Å². The van der Waals surface area contributed by atoms with Gasteiger partial charge in [0.15, 0.2) is 17.3 Å². The van der Waals surface area contributed by atoms with Crippen LogP contribution in [0.25, 0.3) is 0 Å². The number of nitrogens with zero attached hydrogens (tertiary/aromatic N) is 4. The fourth-order valence-corrected chi connectivity index (χ4v) is 2.99. The van der Waals surface area contributed by atoms with Crippen molar-refractivity contribution in [2.75, 3.05) is 36.5 Å². The third kappa shape index (κ3) is 3.20. The quantitative estimate of drug-likeness (QED) is 0.929. The van der Waals surface area contributed by atoms with Gasteiger partial charge in [-0.25, -0.2) is 0 Å². The minimum atomic E-state index is 0.489. The molecule has 1 fully saturated rings. The van der Waals surface area contributed by atoms with Crippen LogP contribution in [0.5, 0.6) is 11.5 Å². The minimum absolute atomic E-state index is 0.489. The first-order valence-electron chi connectivity index (χ1n) is 8.39. The van der Waals surface area contributed by atoms with Gasteiger partial charge in [0.1, 0.15) is 13.2 Å². The third-order valence-corrected chi connectivity index (χ3v) is 4.45. The Labute approximate surface area is 141 Å². The second-order valence-corrected chi connectivity index (χ2v) is 6.29. The Morgan fingerprint density at radius 3 is 2.75 bits per heavy atom. The van der Waals surface area contributed by atoms with Gasteiger partial charge in [0, 0.05) is 24.8 Å². The smallest absolute Gasteiger partial charge is 0.249 e. The Morgan fingerprint density at radius 2 is 1.92 bits per heavy atom. The zero-order chi connectivity index (χ0) is 16.4. The highest BCUT2D eigenvalue weighted by atomic mass is 16.6. The molecular formula is C17H21N5O2. The minimum Gasteiger partial charge on any atom is -0.486 e. The number of hydrogen-bond donors (Lipinski definition) is 1. The highest BCUT2D eigenvalue weighted by Crippen LogP contribution is 2.33. The van der Waals surface area contributed by atoms with Crippen LogP contribution in [0.2, 0.25) is 0 Å². The van der Waals surface area contributed by atoms with Crippen LogP contribution >= 0.6 is 0 Å². The molecule has 4 rings (SSSR count). The van der Waals surface area contributed by atoms with E-state index in [4.69, 9.17) is 9.47 Å². The first kappa shape index (κ1) is 15.0. The van der Waals surface area contributed by atoms with Crippen molar-refractivity contribution in [3.8, 4) is 11.5 Å². The van der Waals surface area contributed by atoms with Crippen molar-refractivity contribution in [2.24, 2.45) is 5.92 Å². The zero-order valence-corrected chi connectivity index (χ0v) is 13.7. The molecule has 1 N–H and O–H groups in total. The standard InChI is InChI=1S/C17H21N5O2/c1-12-4-6-22(7-5-12)16-11-18-21-17(20-16)19-13-2-3-14-15(10-13)24-9-8-23-14/h2-3,10-12H,4-9H2,1H3,(H,19,20,21). The Bertz CT molecular complexity index is 716. The average Bonchev–Trinajstić information content (AvgIpc) is 2.62. The second-order valence-electron chi connectivity index (χ2n) is 6.29. The first-order valence-corrected chi connectivity index (χ1v) is 8.39. The Morgan fingerprint density at radius 1 is 1.12 bits per heavy atom. The van der Waals surface area contributed by atoms with Gasteiger partial charge in [-0.05, 0) is 30.9 Å². The van der Waals surface area contributed by atoms with Crippen molar-refractivity contribution in [2.45, 2.75) is 19.8 Å². The van der Waals surface area contributed by atoms with Gasteiger partial charge in [-0.2, -0.15) is 10.1 Å². The number of rotatable bonds is 3. The van der Waals surface area contributed by atoms with Gasteiger partial charge in [-0.15, -0.1) is 5.10 Å². The Kier molecular flexibility index (Phi) is 4.06. The molecule has 2 aliphatic heterocycles. The summed E-state index contributed by atoms with van der Waals surface area (Å²) in [5.41, 5.74) is 0.852. The molecule has 0 unspecified atom stereocenters. The largest absolute Gasteiger partial charge is 0.486 e. The van der Waals surface area contributed by atoms with Crippen LogP contribution in [0.1, 0.15) is 19.8 Å². The number of aromatic nitrogens is 3. The van der Waals surface area contributed by atoms with E-state index in [9.17, 15) is 0 Å². The molecule has 0 radical (unpaired) electrons. The molecule has 0 atom stereocenters. The molecule has 1 saturated heterocycles. The van der Waals surface area contributed by atoms with E-state index in [0.29, 0.717) is 19.2 Å². The molecule has 2 aliphatic rings. The van der Waals surface area contributed by atoms with Crippen molar-refractivity contribution in [1.82, 2.24) is 15.2 Å². The number of anilines is 3. The molecule has 1 aromatic heterocycles. The summed E-state index contributed by atoms with van der Waals surface area (Å²) in [5, 5.41) is 11.4. The van der Waals surface area contributed by atoms with Gasteiger partial charge in [-0.3, -0.25) is 0 Å². The van der Waals surface area contributed by atoms with Gasteiger partial charge in [0.05, 0.1) is 6.20 Å². The van der Waals surface area contributed by atoms with Gasteiger partial charge in [0.2, 0.25) is 5.95 Å². The molecule has 0 spiro atoms. The number of benzene rings is 1. The van der Waals surface area contributed by atoms with Gasteiger partial charge in [0.25, 0.3) is 0 Å². The summed E-state index contributed by atoms with van der Waals surface area (Å²) in [6.45, 7) is 5.48. The van der Waals surface area contributed by atoms with Gasteiger partial charge >= 0.3 is 0 Å². The fraction of sp³-hybridized carbons (Fsp3) is 0.471. The molecule has 0 bridgehead atoms. The van der Waals surface area contributed by atoms with Crippen LogP contribution in [0, 0.1) is 5.92 Å². The first-order chi connectivity index (χ1) is 11.8. The summed E-state index contributed by atoms with van der Waals surface area (Å²) in [6.07, 6.45) is 4.11. The molecule has 7 nitrogen and oxygen atoms in total. The molecular weight excluding hydrogens is 306 g/mol. The van der Waals surface area contributed by atoms with Crippen LogP contribution in [0.15, 0.2) is 24.4 Å². The second kappa shape index (κ2) is 6.51. The number of nitrogens with one attached hydrogen (secondary N) is 1. The van der Waals surface area contributed by atoms with E-state index in [1.54, 1.807) is 6.20 Å².